The largest absolute Gasteiger partial charge is 0.342 e. The lowest BCUT2D eigenvalue weighted by molar-refractivity contribution is -0.118. The molecule has 1 aromatic heterocycles. The van der Waals surface area contributed by atoms with Gasteiger partial charge in [-0.25, -0.2) is 0 Å². The summed E-state index contributed by atoms with van der Waals surface area (Å²) in [6.07, 6.45) is 3.69. The maximum atomic E-state index is 12.6. The van der Waals surface area contributed by atoms with Gasteiger partial charge in [-0.3, -0.25) is 9.59 Å². The Morgan fingerprint density at radius 1 is 0.889 bits per heavy atom. The first-order valence-corrected chi connectivity index (χ1v) is 8.86. The summed E-state index contributed by atoms with van der Waals surface area (Å²) in [6.45, 7) is 5.75. The fourth-order valence-electron chi connectivity index (χ4n) is 2.92. The quantitative estimate of drug-likeness (QED) is 0.700. The summed E-state index contributed by atoms with van der Waals surface area (Å²) >= 11 is 0. The zero-order valence-electron chi connectivity index (χ0n) is 15.7. The average molecular weight is 361 g/mol. The van der Waals surface area contributed by atoms with Crippen molar-refractivity contribution in [1.29, 1.82) is 0 Å². The molecule has 2 N–H and O–H groups in total. The van der Waals surface area contributed by atoms with Crippen LogP contribution in [-0.2, 0) is 4.79 Å². The third-order valence-electron chi connectivity index (χ3n) is 4.57. The standard InChI is InChI=1S/C22H23N3O2/c1-15-8-6-9-16(2)20(15)24-22(27)18-10-7-11-19(14-18)23-21(26)17(3)25-12-4-5-13-25/h4-14,17H,1-3H3,(H,23,26)(H,24,27)/t17-/m1/s1. The van der Waals surface area contributed by atoms with Gasteiger partial charge in [0, 0.05) is 29.3 Å². The monoisotopic (exact) mass is 361 g/mol. The van der Waals surface area contributed by atoms with Crippen molar-refractivity contribution in [3.05, 3.63) is 83.7 Å². The highest BCUT2D eigenvalue weighted by atomic mass is 16.2. The van der Waals surface area contributed by atoms with Crippen molar-refractivity contribution < 1.29 is 9.59 Å². The number of amides is 2. The molecule has 0 spiro atoms. The average Bonchev–Trinajstić information content (AvgIpc) is 3.19. The number of aromatic nitrogens is 1. The predicted octanol–water partition coefficient (Wildman–Crippen LogP) is 4.56. The van der Waals surface area contributed by atoms with E-state index >= 15 is 0 Å². The molecule has 1 heterocycles. The Hall–Kier alpha value is -3.34. The van der Waals surface area contributed by atoms with Gasteiger partial charge < -0.3 is 15.2 Å². The summed E-state index contributed by atoms with van der Waals surface area (Å²) in [5.41, 5.74) is 3.91. The van der Waals surface area contributed by atoms with Crippen molar-refractivity contribution in [2.24, 2.45) is 0 Å². The highest BCUT2D eigenvalue weighted by Crippen LogP contribution is 2.21. The van der Waals surface area contributed by atoms with Crippen LogP contribution in [0.3, 0.4) is 0 Å². The SMILES string of the molecule is Cc1cccc(C)c1NC(=O)c1cccc(NC(=O)[C@@H](C)n2cccc2)c1. The van der Waals surface area contributed by atoms with Crippen LogP contribution in [0.25, 0.3) is 0 Å². The molecule has 0 fully saturated rings. The Labute approximate surface area is 159 Å². The van der Waals surface area contributed by atoms with Crippen LogP contribution < -0.4 is 10.6 Å². The molecule has 2 amide bonds. The van der Waals surface area contributed by atoms with E-state index in [2.05, 4.69) is 10.6 Å². The lowest BCUT2D eigenvalue weighted by Gasteiger charge is -2.15. The minimum absolute atomic E-state index is 0.140. The normalized spacial score (nSPS) is 11.7. The van der Waals surface area contributed by atoms with Crippen LogP contribution in [-0.4, -0.2) is 16.4 Å². The molecule has 5 heteroatoms. The van der Waals surface area contributed by atoms with Gasteiger partial charge in [0.2, 0.25) is 5.91 Å². The van der Waals surface area contributed by atoms with E-state index in [0.29, 0.717) is 11.3 Å². The number of para-hydroxylation sites is 1. The fourth-order valence-corrected chi connectivity index (χ4v) is 2.92. The number of aryl methyl sites for hydroxylation is 2. The van der Waals surface area contributed by atoms with Crippen LogP contribution in [0, 0.1) is 13.8 Å². The number of anilines is 2. The second-order valence-electron chi connectivity index (χ2n) is 6.60. The Kier molecular flexibility index (Phi) is 5.41. The molecular formula is C22H23N3O2. The molecule has 1 atom stereocenters. The number of carbonyl (C=O) groups excluding carboxylic acids is 2. The number of nitrogens with one attached hydrogen (secondary N) is 2. The first-order valence-electron chi connectivity index (χ1n) is 8.86. The zero-order chi connectivity index (χ0) is 19.4. The lowest BCUT2D eigenvalue weighted by Crippen LogP contribution is -2.23. The molecule has 5 nitrogen and oxygen atoms in total. The van der Waals surface area contributed by atoms with Crippen molar-refractivity contribution in [2.45, 2.75) is 26.8 Å². The van der Waals surface area contributed by atoms with Crippen LogP contribution in [0.4, 0.5) is 11.4 Å². The van der Waals surface area contributed by atoms with Crippen LogP contribution >= 0.6 is 0 Å². The van der Waals surface area contributed by atoms with Crippen LogP contribution in [0.15, 0.2) is 67.0 Å². The smallest absolute Gasteiger partial charge is 0.255 e. The summed E-state index contributed by atoms with van der Waals surface area (Å²) in [6, 6.07) is 16.2. The molecule has 0 radical (unpaired) electrons. The van der Waals surface area contributed by atoms with E-state index in [4.69, 9.17) is 0 Å². The van der Waals surface area contributed by atoms with Gasteiger partial charge in [0.25, 0.3) is 5.91 Å². The van der Waals surface area contributed by atoms with E-state index in [0.717, 1.165) is 16.8 Å². The van der Waals surface area contributed by atoms with E-state index in [1.165, 1.54) is 0 Å². The molecule has 138 valence electrons. The fraction of sp³-hybridized carbons (Fsp3) is 0.182. The molecule has 0 unspecified atom stereocenters. The number of carbonyl (C=O) groups is 2. The second-order valence-corrected chi connectivity index (χ2v) is 6.60. The number of nitrogens with zero attached hydrogens (tertiary/aromatic N) is 1. The van der Waals surface area contributed by atoms with Crippen molar-refractivity contribution in [3.63, 3.8) is 0 Å². The van der Waals surface area contributed by atoms with Gasteiger partial charge in [-0.2, -0.15) is 0 Å². The number of benzene rings is 2. The first-order chi connectivity index (χ1) is 13.0. The zero-order valence-corrected chi connectivity index (χ0v) is 15.7. The molecule has 3 rings (SSSR count). The molecule has 0 aliphatic rings. The maximum absolute atomic E-state index is 12.6. The van der Waals surface area contributed by atoms with Crippen LogP contribution in [0.2, 0.25) is 0 Å². The number of rotatable bonds is 5. The highest BCUT2D eigenvalue weighted by molar-refractivity contribution is 6.06. The van der Waals surface area contributed by atoms with Crippen molar-refractivity contribution >= 4 is 23.2 Å². The van der Waals surface area contributed by atoms with Crippen molar-refractivity contribution in [3.8, 4) is 0 Å². The minimum Gasteiger partial charge on any atom is -0.342 e. The molecule has 0 saturated heterocycles. The summed E-state index contributed by atoms with van der Waals surface area (Å²) in [5.74, 6) is -0.347. The summed E-state index contributed by atoms with van der Waals surface area (Å²) < 4.78 is 1.83. The van der Waals surface area contributed by atoms with E-state index < -0.39 is 0 Å². The number of hydrogen-bond donors (Lipinski definition) is 2. The molecule has 0 bridgehead atoms. The Morgan fingerprint density at radius 2 is 1.52 bits per heavy atom. The second kappa shape index (κ2) is 7.91. The molecule has 0 saturated carbocycles. The Balaban J connectivity index is 1.73. The predicted molar refractivity (Wildman–Crippen MR) is 108 cm³/mol. The van der Waals surface area contributed by atoms with Crippen molar-refractivity contribution in [1.82, 2.24) is 4.57 Å². The van der Waals surface area contributed by atoms with Gasteiger partial charge in [-0.05, 0) is 62.2 Å². The molecular weight excluding hydrogens is 338 g/mol. The molecule has 3 aromatic rings. The van der Waals surface area contributed by atoms with E-state index in [1.54, 1.807) is 24.3 Å². The first kappa shape index (κ1) is 18.5. The minimum atomic E-state index is -0.341. The van der Waals surface area contributed by atoms with Gasteiger partial charge >= 0.3 is 0 Å². The Bertz CT molecular complexity index is 941. The summed E-state index contributed by atoms with van der Waals surface area (Å²) in [4.78, 5) is 25.1. The van der Waals surface area contributed by atoms with Crippen LogP contribution in [0.1, 0.15) is 34.5 Å². The van der Waals surface area contributed by atoms with E-state index in [-0.39, 0.29) is 17.9 Å². The highest BCUT2D eigenvalue weighted by Gasteiger charge is 2.15. The van der Waals surface area contributed by atoms with E-state index in [9.17, 15) is 9.59 Å². The third kappa shape index (κ3) is 4.26. The molecule has 27 heavy (non-hydrogen) atoms. The summed E-state index contributed by atoms with van der Waals surface area (Å²) in [7, 11) is 0. The number of hydrogen-bond acceptors (Lipinski definition) is 2. The van der Waals surface area contributed by atoms with Gasteiger partial charge in [0.15, 0.2) is 0 Å². The van der Waals surface area contributed by atoms with Crippen molar-refractivity contribution in [2.75, 3.05) is 10.6 Å². The Morgan fingerprint density at radius 3 is 2.19 bits per heavy atom. The van der Waals surface area contributed by atoms with Gasteiger partial charge in [0.05, 0.1) is 0 Å². The molecule has 0 aliphatic heterocycles. The van der Waals surface area contributed by atoms with Gasteiger partial charge in [-0.1, -0.05) is 24.3 Å². The van der Waals surface area contributed by atoms with Gasteiger partial charge in [0.1, 0.15) is 6.04 Å². The summed E-state index contributed by atoms with van der Waals surface area (Å²) in [5, 5.41) is 5.84. The van der Waals surface area contributed by atoms with E-state index in [1.807, 2.05) is 68.1 Å². The lowest BCUT2D eigenvalue weighted by atomic mass is 10.1. The third-order valence-corrected chi connectivity index (χ3v) is 4.57. The maximum Gasteiger partial charge on any atom is 0.255 e. The van der Waals surface area contributed by atoms with Gasteiger partial charge in [-0.15, -0.1) is 0 Å². The topological polar surface area (TPSA) is 63.1 Å². The molecule has 0 aliphatic carbocycles. The molecule has 2 aromatic carbocycles. The van der Waals surface area contributed by atoms with Crippen LogP contribution in [0.5, 0.6) is 0 Å².